The molecule has 1 N–H and O–H groups in total. The number of amides is 3. The van der Waals surface area contributed by atoms with Crippen LogP contribution in [0, 0.1) is 5.92 Å². The molecule has 7 nitrogen and oxygen atoms in total. The van der Waals surface area contributed by atoms with Crippen molar-refractivity contribution >= 4 is 17.7 Å². The summed E-state index contributed by atoms with van der Waals surface area (Å²) in [5.41, 5.74) is 0.667. The maximum absolute atomic E-state index is 12.6. The number of carbonyl (C=O) groups is 3. The summed E-state index contributed by atoms with van der Waals surface area (Å²) < 4.78 is 5.75. The monoisotopic (exact) mass is 387 g/mol. The van der Waals surface area contributed by atoms with Crippen molar-refractivity contribution in [2.75, 3.05) is 19.7 Å². The van der Waals surface area contributed by atoms with E-state index in [9.17, 15) is 14.4 Å². The number of benzene rings is 1. The molecular weight excluding hydrogens is 358 g/mol. The zero-order valence-electron chi connectivity index (χ0n) is 16.8. The Kier molecular flexibility index (Phi) is 6.34. The Hall–Kier alpha value is -2.41. The molecule has 0 radical (unpaired) electrons. The highest BCUT2D eigenvalue weighted by Crippen LogP contribution is 2.26. The molecule has 2 aliphatic heterocycles. The number of ketones is 1. The van der Waals surface area contributed by atoms with E-state index in [0.717, 1.165) is 38.1 Å². The van der Waals surface area contributed by atoms with Crippen molar-refractivity contribution in [3.05, 3.63) is 29.8 Å². The molecule has 3 amide bonds. The quantitative estimate of drug-likeness (QED) is 0.421. The molecular formula is C21H29N3O4. The number of Topliss-reactive ketones (excluding diaryl/α,β-unsaturated/α-hetero) is 1. The van der Waals surface area contributed by atoms with E-state index in [1.165, 1.54) is 11.8 Å². The van der Waals surface area contributed by atoms with Gasteiger partial charge in [0.1, 0.15) is 11.8 Å². The first-order valence-electron chi connectivity index (χ1n) is 10.00. The summed E-state index contributed by atoms with van der Waals surface area (Å²) in [5.74, 6) is 0.737. The number of likely N-dealkylation sites (tertiary alicyclic amines) is 1. The molecule has 1 aromatic carbocycles. The van der Waals surface area contributed by atoms with E-state index in [0.29, 0.717) is 12.2 Å². The van der Waals surface area contributed by atoms with Crippen LogP contribution in [0.5, 0.6) is 5.75 Å². The predicted octanol–water partition coefficient (Wildman–Crippen LogP) is 2.66. The van der Waals surface area contributed by atoms with Gasteiger partial charge in [-0.2, -0.15) is 0 Å². The first kappa shape index (κ1) is 20.3. The van der Waals surface area contributed by atoms with Gasteiger partial charge in [0.25, 0.3) is 5.91 Å². The van der Waals surface area contributed by atoms with E-state index in [4.69, 9.17) is 4.74 Å². The summed E-state index contributed by atoms with van der Waals surface area (Å²) in [4.78, 5) is 39.9. The average molecular weight is 387 g/mol. The summed E-state index contributed by atoms with van der Waals surface area (Å²) >= 11 is 0. The van der Waals surface area contributed by atoms with Crippen LogP contribution in [-0.4, -0.2) is 59.4 Å². The van der Waals surface area contributed by atoms with Crippen LogP contribution in [0.2, 0.25) is 0 Å². The fourth-order valence-corrected chi connectivity index (χ4v) is 3.85. The zero-order valence-corrected chi connectivity index (χ0v) is 16.8. The normalized spacial score (nSPS) is 22.8. The maximum atomic E-state index is 12.6. The number of ether oxygens (including phenoxy) is 1. The number of nitrogens with zero attached hydrogens (tertiary/aromatic N) is 2. The van der Waals surface area contributed by atoms with Crippen LogP contribution in [0.3, 0.4) is 0 Å². The Balaban J connectivity index is 1.50. The molecule has 2 heterocycles. The van der Waals surface area contributed by atoms with Crippen LogP contribution in [0.25, 0.3) is 0 Å². The van der Waals surface area contributed by atoms with Gasteiger partial charge in [0.15, 0.2) is 5.78 Å². The average Bonchev–Trinajstić information content (AvgIpc) is 3.22. The predicted molar refractivity (Wildman–Crippen MR) is 105 cm³/mol. The molecule has 0 aliphatic carbocycles. The minimum Gasteiger partial charge on any atom is -0.494 e. The second kappa shape index (κ2) is 8.73. The number of rotatable bonds is 8. The Morgan fingerprint density at radius 2 is 1.96 bits per heavy atom. The van der Waals surface area contributed by atoms with Crippen molar-refractivity contribution in [3.8, 4) is 5.75 Å². The lowest BCUT2D eigenvalue weighted by Gasteiger charge is -2.30. The van der Waals surface area contributed by atoms with Gasteiger partial charge in [0.2, 0.25) is 0 Å². The third-order valence-electron chi connectivity index (χ3n) is 5.41. The van der Waals surface area contributed by atoms with E-state index in [1.807, 2.05) is 13.8 Å². The third-order valence-corrected chi connectivity index (χ3v) is 5.41. The summed E-state index contributed by atoms with van der Waals surface area (Å²) in [6.07, 6.45) is 2.42. The molecule has 7 heteroatoms. The number of hydrogen-bond acceptors (Lipinski definition) is 5. The van der Waals surface area contributed by atoms with Crippen LogP contribution in [0.1, 0.15) is 50.4 Å². The summed E-state index contributed by atoms with van der Waals surface area (Å²) in [5, 5.41) is 2.81. The van der Waals surface area contributed by atoms with Gasteiger partial charge in [-0.1, -0.05) is 13.8 Å². The van der Waals surface area contributed by atoms with E-state index in [1.54, 1.807) is 24.3 Å². The second-order valence-electron chi connectivity index (χ2n) is 7.82. The first-order chi connectivity index (χ1) is 13.4. The van der Waals surface area contributed by atoms with Gasteiger partial charge in [-0.05, 0) is 56.4 Å². The smallest absolute Gasteiger partial charge is 0.326 e. The highest BCUT2D eigenvalue weighted by atomic mass is 16.5. The molecule has 152 valence electrons. The lowest BCUT2D eigenvalue weighted by atomic mass is 10.0. The van der Waals surface area contributed by atoms with Crippen molar-refractivity contribution in [1.29, 1.82) is 0 Å². The fraction of sp³-hybridized carbons (Fsp3) is 0.571. The number of urea groups is 1. The van der Waals surface area contributed by atoms with Crippen molar-refractivity contribution < 1.29 is 19.1 Å². The van der Waals surface area contributed by atoms with E-state index >= 15 is 0 Å². The Bertz CT molecular complexity index is 732. The highest BCUT2D eigenvalue weighted by molar-refractivity contribution is 6.04. The SMILES string of the molecule is CC(=O)c1ccc(OCCCN2CCCC2N2C(=O)N[C@H](C(C)C)C2=O)cc1. The van der Waals surface area contributed by atoms with E-state index in [2.05, 4.69) is 10.2 Å². The number of hydrogen-bond donors (Lipinski definition) is 1. The van der Waals surface area contributed by atoms with Crippen molar-refractivity contribution in [1.82, 2.24) is 15.1 Å². The van der Waals surface area contributed by atoms with E-state index < -0.39 is 6.04 Å². The Morgan fingerprint density at radius 1 is 1.25 bits per heavy atom. The van der Waals surface area contributed by atoms with Crippen molar-refractivity contribution in [3.63, 3.8) is 0 Å². The third kappa shape index (κ3) is 4.35. The molecule has 0 bridgehead atoms. The molecule has 2 fully saturated rings. The van der Waals surface area contributed by atoms with Crippen LogP contribution in [0.4, 0.5) is 4.79 Å². The van der Waals surface area contributed by atoms with Crippen molar-refractivity contribution in [2.45, 2.75) is 52.2 Å². The summed E-state index contributed by atoms with van der Waals surface area (Å²) in [6.45, 7) is 7.60. The lowest BCUT2D eigenvalue weighted by Crippen LogP contribution is -2.49. The molecule has 1 aromatic rings. The number of nitrogens with one attached hydrogen (secondary N) is 1. The standard InChI is InChI=1S/C21H29N3O4/c1-14(2)19-20(26)24(21(27)22-19)18-6-4-11-23(18)12-5-13-28-17-9-7-16(8-10-17)15(3)25/h7-10,14,18-19H,4-6,11-13H2,1-3H3,(H,22,27)/t18?,19-/m1/s1. The maximum Gasteiger partial charge on any atom is 0.326 e. The van der Waals surface area contributed by atoms with Gasteiger partial charge >= 0.3 is 6.03 Å². The van der Waals surface area contributed by atoms with Gasteiger partial charge < -0.3 is 10.1 Å². The van der Waals surface area contributed by atoms with Crippen LogP contribution in [-0.2, 0) is 4.79 Å². The Morgan fingerprint density at radius 3 is 2.57 bits per heavy atom. The molecule has 1 unspecified atom stereocenters. The molecule has 2 saturated heterocycles. The molecule has 28 heavy (non-hydrogen) atoms. The number of imide groups is 1. The van der Waals surface area contributed by atoms with E-state index in [-0.39, 0.29) is 29.8 Å². The largest absolute Gasteiger partial charge is 0.494 e. The molecule has 2 aliphatic rings. The molecule has 2 atom stereocenters. The molecule has 0 spiro atoms. The van der Waals surface area contributed by atoms with Gasteiger partial charge in [0.05, 0.1) is 12.8 Å². The molecule has 0 saturated carbocycles. The molecule has 3 rings (SSSR count). The summed E-state index contributed by atoms with van der Waals surface area (Å²) in [6, 6.07) is 6.43. The van der Waals surface area contributed by atoms with Gasteiger partial charge in [0, 0.05) is 18.7 Å². The second-order valence-corrected chi connectivity index (χ2v) is 7.82. The highest BCUT2D eigenvalue weighted by Gasteiger charge is 2.45. The van der Waals surface area contributed by atoms with Gasteiger partial charge in [-0.3, -0.25) is 14.5 Å². The Labute approximate surface area is 166 Å². The molecule has 0 aromatic heterocycles. The minimum atomic E-state index is -0.420. The van der Waals surface area contributed by atoms with Crippen molar-refractivity contribution in [2.24, 2.45) is 5.92 Å². The fourth-order valence-electron chi connectivity index (χ4n) is 3.85. The van der Waals surface area contributed by atoms with Gasteiger partial charge in [-0.25, -0.2) is 9.69 Å². The van der Waals surface area contributed by atoms with Crippen LogP contribution >= 0.6 is 0 Å². The first-order valence-corrected chi connectivity index (χ1v) is 10.00. The van der Waals surface area contributed by atoms with Crippen LogP contribution in [0.15, 0.2) is 24.3 Å². The topological polar surface area (TPSA) is 79.0 Å². The van der Waals surface area contributed by atoms with Gasteiger partial charge in [-0.15, -0.1) is 0 Å². The minimum absolute atomic E-state index is 0.0341. The summed E-state index contributed by atoms with van der Waals surface area (Å²) in [7, 11) is 0. The number of carbonyl (C=O) groups excluding carboxylic acids is 3. The van der Waals surface area contributed by atoms with Crippen LogP contribution < -0.4 is 10.1 Å². The lowest BCUT2D eigenvalue weighted by molar-refractivity contribution is -0.132. The zero-order chi connectivity index (χ0) is 20.3.